The molecule has 0 unspecified atom stereocenters. The number of rotatable bonds is 4. The van der Waals surface area contributed by atoms with Crippen molar-refractivity contribution in [3.8, 4) is 0 Å². The second-order valence-electron chi connectivity index (χ2n) is 2.07. The second-order valence-corrected chi connectivity index (χ2v) is 3.84. The van der Waals surface area contributed by atoms with E-state index < -0.39 is 0 Å². The van der Waals surface area contributed by atoms with Gasteiger partial charge in [-0.2, -0.15) is 11.8 Å². The minimum atomic E-state index is 0.0235. The molecule has 0 bridgehead atoms. The normalized spacial score (nSPS) is 9.75. The Hall–Kier alpha value is -0.620. The number of carbonyl (C=O) groups is 1. The highest BCUT2D eigenvalue weighted by molar-refractivity contribution is 7.98. The SMILES string of the molecule is CSCCC(=O)Nc1cnns1. The van der Waals surface area contributed by atoms with Crippen LogP contribution in [-0.2, 0) is 4.79 Å². The number of nitrogens with one attached hydrogen (secondary N) is 1. The summed E-state index contributed by atoms with van der Waals surface area (Å²) in [4.78, 5) is 11.1. The summed E-state index contributed by atoms with van der Waals surface area (Å²) in [5, 5.41) is 7.01. The highest BCUT2D eigenvalue weighted by Crippen LogP contribution is 2.09. The highest BCUT2D eigenvalue weighted by atomic mass is 32.2. The van der Waals surface area contributed by atoms with Gasteiger partial charge in [-0.25, -0.2) is 0 Å². The number of anilines is 1. The summed E-state index contributed by atoms with van der Waals surface area (Å²) in [6, 6.07) is 0. The monoisotopic (exact) mass is 203 g/mol. The molecule has 0 aliphatic carbocycles. The zero-order valence-electron chi connectivity index (χ0n) is 6.61. The molecule has 6 heteroatoms. The van der Waals surface area contributed by atoms with Crippen LogP contribution in [0, 0.1) is 0 Å². The molecule has 0 atom stereocenters. The lowest BCUT2D eigenvalue weighted by molar-refractivity contribution is -0.115. The number of aromatic nitrogens is 2. The first kappa shape index (κ1) is 9.47. The fraction of sp³-hybridized carbons (Fsp3) is 0.500. The molecule has 66 valence electrons. The third-order valence-electron chi connectivity index (χ3n) is 1.16. The molecular formula is C6H9N3OS2. The van der Waals surface area contributed by atoms with Gasteiger partial charge in [0.05, 0.1) is 6.20 Å². The fourth-order valence-electron chi connectivity index (χ4n) is 0.617. The van der Waals surface area contributed by atoms with Gasteiger partial charge in [0.1, 0.15) is 5.00 Å². The van der Waals surface area contributed by atoms with Crippen molar-refractivity contribution in [3.63, 3.8) is 0 Å². The van der Waals surface area contributed by atoms with Crippen molar-refractivity contribution in [3.05, 3.63) is 6.20 Å². The van der Waals surface area contributed by atoms with Crippen LogP contribution < -0.4 is 5.32 Å². The van der Waals surface area contributed by atoms with E-state index in [9.17, 15) is 4.79 Å². The van der Waals surface area contributed by atoms with Crippen LogP contribution in [0.3, 0.4) is 0 Å². The van der Waals surface area contributed by atoms with Crippen molar-refractivity contribution in [1.29, 1.82) is 0 Å². The average Bonchev–Trinajstić information content (AvgIpc) is 2.53. The van der Waals surface area contributed by atoms with Gasteiger partial charge in [0.2, 0.25) is 5.91 Å². The van der Waals surface area contributed by atoms with Gasteiger partial charge in [0.25, 0.3) is 0 Å². The van der Waals surface area contributed by atoms with Crippen LogP contribution in [0.2, 0.25) is 0 Å². The highest BCUT2D eigenvalue weighted by Gasteiger charge is 2.02. The molecule has 1 heterocycles. The number of amides is 1. The Labute approximate surface area is 78.9 Å². The molecule has 0 spiro atoms. The van der Waals surface area contributed by atoms with Gasteiger partial charge in [-0.15, -0.1) is 5.10 Å². The van der Waals surface area contributed by atoms with E-state index in [0.717, 1.165) is 5.75 Å². The molecule has 1 aromatic rings. The molecule has 12 heavy (non-hydrogen) atoms. The van der Waals surface area contributed by atoms with E-state index in [1.807, 2.05) is 6.26 Å². The summed E-state index contributed by atoms with van der Waals surface area (Å²) in [6.07, 6.45) is 4.06. The first-order chi connectivity index (χ1) is 5.83. The lowest BCUT2D eigenvalue weighted by Gasteiger charge is -1.98. The minimum Gasteiger partial charge on any atom is -0.315 e. The molecule has 0 aromatic carbocycles. The van der Waals surface area contributed by atoms with Crippen molar-refractivity contribution < 1.29 is 4.79 Å². The second kappa shape index (κ2) is 5.10. The molecule has 0 radical (unpaired) electrons. The lowest BCUT2D eigenvalue weighted by Crippen LogP contribution is -2.10. The molecule has 1 amide bonds. The fourth-order valence-corrected chi connectivity index (χ4v) is 1.44. The smallest absolute Gasteiger partial charge is 0.225 e. The zero-order chi connectivity index (χ0) is 8.81. The molecule has 1 N–H and O–H groups in total. The number of hydrogen-bond donors (Lipinski definition) is 1. The Morgan fingerprint density at radius 2 is 2.67 bits per heavy atom. The Morgan fingerprint density at radius 1 is 1.83 bits per heavy atom. The average molecular weight is 203 g/mol. The lowest BCUT2D eigenvalue weighted by atomic mass is 10.4. The van der Waals surface area contributed by atoms with Gasteiger partial charge in [-0.3, -0.25) is 4.79 Å². The number of nitrogens with zero attached hydrogens (tertiary/aromatic N) is 2. The van der Waals surface area contributed by atoms with Crippen molar-refractivity contribution in [1.82, 2.24) is 9.59 Å². The van der Waals surface area contributed by atoms with Crippen molar-refractivity contribution in [2.45, 2.75) is 6.42 Å². The number of carbonyl (C=O) groups excluding carboxylic acids is 1. The summed E-state index contributed by atoms with van der Waals surface area (Å²) >= 11 is 2.84. The van der Waals surface area contributed by atoms with E-state index in [2.05, 4.69) is 14.9 Å². The van der Waals surface area contributed by atoms with Crippen LogP contribution in [0.4, 0.5) is 5.00 Å². The standard InChI is InChI=1S/C6H9N3OS2/c1-11-3-2-5(10)8-6-4-7-9-12-6/h4H,2-3H2,1H3,(H,8,10). The maximum atomic E-state index is 11.1. The first-order valence-electron chi connectivity index (χ1n) is 3.39. The Kier molecular flexibility index (Phi) is 4.02. The summed E-state index contributed by atoms with van der Waals surface area (Å²) in [5.41, 5.74) is 0. The maximum absolute atomic E-state index is 11.1. The van der Waals surface area contributed by atoms with E-state index >= 15 is 0 Å². The van der Waals surface area contributed by atoms with Crippen molar-refractivity contribution in [2.24, 2.45) is 0 Å². The molecule has 0 aliphatic rings. The molecule has 0 aliphatic heterocycles. The van der Waals surface area contributed by atoms with E-state index in [-0.39, 0.29) is 5.91 Å². The van der Waals surface area contributed by atoms with E-state index in [4.69, 9.17) is 0 Å². The molecular weight excluding hydrogens is 194 g/mol. The molecule has 0 saturated heterocycles. The summed E-state index contributed by atoms with van der Waals surface area (Å²) < 4.78 is 3.63. The summed E-state index contributed by atoms with van der Waals surface area (Å²) in [6.45, 7) is 0. The van der Waals surface area contributed by atoms with Gasteiger partial charge >= 0.3 is 0 Å². The van der Waals surface area contributed by atoms with Crippen molar-refractivity contribution >= 4 is 34.2 Å². The predicted molar refractivity (Wildman–Crippen MR) is 51.5 cm³/mol. The Balaban J connectivity index is 2.27. The van der Waals surface area contributed by atoms with E-state index in [1.165, 1.54) is 11.5 Å². The maximum Gasteiger partial charge on any atom is 0.225 e. The van der Waals surface area contributed by atoms with Gasteiger partial charge in [0, 0.05) is 23.7 Å². The van der Waals surface area contributed by atoms with Gasteiger partial charge in [0.15, 0.2) is 0 Å². The molecule has 0 fully saturated rings. The molecule has 1 rings (SSSR count). The third-order valence-corrected chi connectivity index (χ3v) is 2.35. The molecule has 0 saturated carbocycles. The van der Waals surface area contributed by atoms with Crippen LogP contribution in [0.25, 0.3) is 0 Å². The third kappa shape index (κ3) is 3.19. The van der Waals surface area contributed by atoms with Gasteiger partial charge in [-0.05, 0) is 6.26 Å². The molecule has 1 aromatic heterocycles. The Bertz CT molecular complexity index is 237. The van der Waals surface area contributed by atoms with Crippen LogP contribution in [-0.4, -0.2) is 27.5 Å². The topological polar surface area (TPSA) is 54.9 Å². The summed E-state index contributed by atoms with van der Waals surface area (Å²) in [7, 11) is 0. The quantitative estimate of drug-likeness (QED) is 0.799. The van der Waals surface area contributed by atoms with Crippen LogP contribution in [0.5, 0.6) is 0 Å². The molecule has 4 nitrogen and oxygen atoms in total. The zero-order valence-corrected chi connectivity index (χ0v) is 8.24. The van der Waals surface area contributed by atoms with Gasteiger partial charge in [-0.1, -0.05) is 4.49 Å². The van der Waals surface area contributed by atoms with Crippen molar-refractivity contribution in [2.75, 3.05) is 17.3 Å². The number of thioether (sulfide) groups is 1. The van der Waals surface area contributed by atoms with Crippen LogP contribution in [0.1, 0.15) is 6.42 Å². The van der Waals surface area contributed by atoms with E-state index in [1.54, 1.807) is 18.0 Å². The van der Waals surface area contributed by atoms with Crippen LogP contribution >= 0.6 is 23.3 Å². The summed E-state index contributed by atoms with van der Waals surface area (Å²) in [5.74, 6) is 0.869. The Morgan fingerprint density at radius 3 is 3.25 bits per heavy atom. The first-order valence-corrected chi connectivity index (χ1v) is 5.56. The predicted octanol–water partition coefficient (Wildman–Crippen LogP) is 1.23. The van der Waals surface area contributed by atoms with Crippen LogP contribution in [0.15, 0.2) is 6.20 Å². The minimum absolute atomic E-state index is 0.0235. The van der Waals surface area contributed by atoms with E-state index in [0.29, 0.717) is 11.4 Å². The largest absolute Gasteiger partial charge is 0.315 e. The van der Waals surface area contributed by atoms with Gasteiger partial charge < -0.3 is 5.32 Å². The number of hydrogen-bond acceptors (Lipinski definition) is 5.